The Morgan fingerprint density at radius 1 is 1.44 bits per heavy atom. The summed E-state index contributed by atoms with van der Waals surface area (Å²) in [6, 6.07) is 0. The molecule has 16 heavy (non-hydrogen) atoms. The fourth-order valence-electron chi connectivity index (χ4n) is 2.07. The number of hydrogen-bond acceptors (Lipinski definition) is 4. The second-order valence-corrected chi connectivity index (χ2v) is 6.23. The molecule has 1 aromatic rings. The first-order valence-electron chi connectivity index (χ1n) is 5.90. The summed E-state index contributed by atoms with van der Waals surface area (Å²) in [5.41, 5.74) is 7.02. The van der Waals surface area contributed by atoms with Gasteiger partial charge in [-0.15, -0.1) is 11.3 Å². The predicted octanol–water partition coefficient (Wildman–Crippen LogP) is 2.15. The molecule has 1 aliphatic rings. The summed E-state index contributed by atoms with van der Waals surface area (Å²) < 4.78 is 0. The van der Waals surface area contributed by atoms with Crippen LogP contribution in [-0.2, 0) is 5.54 Å². The number of nitrogens with zero attached hydrogens (tertiary/aromatic N) is 2. The van der Waals surface area contributed by atoms with Crippen molar-refractivity contribution in [2.75, 3.05) is 20.1 Å². The maximum Gasteiger partial charge on any atom is 0.112 e. The van der Waals surface area contributed by atoms with Crippen molar-refractivity contribution in [1.82, 2.24) is 9.88 Å². The van der Waals surface area contributed by atoms with Crippen molar-refractivity contribution in [2.45, 2.75) is 38.1 Å². The third-order valence-corrected chi connectivity index (χ3v) is 4.41. The van der Waals surface area contributed by atoms with Gasteiger partial charge >= 0.3 is 0 Å². The van der Waals surface area contributed by atoms with Crippen LogP contribution < -0.4 is 5.73 Å². The van der Waals surface area contributed by atoms with Crippen LogP contribution in [0.15, 0.2) is 5.38 Å². The van der Waals surface area contributed by atoms with E-state index in [9.17, 15) is 0 Å². The lowest BCUT2D eigenvalue weighted by atomic mass is 9.94. The van der Waals surface area contributed by atoms with E-state index in [0.717, 1.165) is 5.01 Å². The number of thiazole rings is 1. The molecule has 0 atom stereocenters. The zero-order valence-electron chi connectivity index (χ0n) is 10.4. The summed E-state index contributed by atoms with van der Waals surface area (Å²) in [7, 11) is 2.19. The van der Waals surface area contributed by atoms with Gasteiger partial charge in [-0.3, -0.25) is 0 Å². The zero-order valence-corrected chi connectivity index (χ0v) is 11.2. The van der Waals surface area contributed by atoms with E-state index < -0.39 is 0 Å². The molecule has 1 aliphatic heterocycles. The van der Waals surface area contributed by atoms with Crippen LogP contribution in [0, 0.1) is 0 Å². The van der Waals surface area contributed by atoms with Gasteiger partial charge in [0.15, 0.2) is 0 Å². The molecular formula is C12H21N3S. The third kappa shape index (κ3) is 2.62. The Hall–Kier alpha value is -0.450. The zero-order chi connectivity index (χ0) is 11.8. The summed E-state index contributed by atoms with van der Waals surface area (Å²) in [6.45, 7) is 6.40. The van der Waals surface area contributed by atoms with Gasteiger partial charge in [-0.25, -0.2) is 4.98 Å². The van der Waals surface area contributed by atoms with Crippen molar-refractivity contribution in [3.05, 3.63) is 16.1 Å². The van der Waals surface area contributed by atoms with E-state index >= 15 is 0 Å². The van der Waals surface area contributed by atoms with E-state index in [1.165, 1.54) is 31.6 Å². The van der Waals surface area contributed by atoms with Crippen molar-refractivity contribution in [1.29, 1.82) is 0 Å². The minimum atomic E-state index is -0.297. The summed E-state index contributed by atoms with van der Waals surface area (Å²) in [5, 5.41) is 3.25. The fourth-order valence-corrected chi connectivity index (χ4v) is 3.01. The Morgan fingerprint density at radius 3 is 2.56 bits per heavy atom. The van der Waals surface area contributed by atoms with E-state index in [4.69, 9.17) is 10.7 Å². The number of likely N-dealkylation sites (tertiary alicyclic amines) is 1. The van der Waals surface area contributed by atoms with Crippen LogP contribution in [-0.4, -0.2) is 30.0 Å². The largest absolute Gasteiger partial charge is 0.320 e. The third-order valence-electron chi connectivity index (χ3n) is 3.21. The van der Waals surface area contributed by atoms with Gasteiger partial charge in [-0.1, -0.05) is 0 Å². The standard InChI is InChI=1S/C12H21N3S/c1-12(2,13)11-14-10(8-16-11)9-4-6-15(3)7-5-9/h8-9H,4-7,13H2,1-3H3. The van der Waals surface area contributed by atoms with Crippen molar-refractivity contribution in [3.8, 4) is 0 Å². The van der Waals surface area contributed by atoms with Crippen molar-refractivity contribution >= 4 is 11.3 Å². The molecule has 0 saturated carbocycles. The Kier molecular flexibility index (Phi) is 3.33. The normalized spacial score (nSPS) is 20.2. The van der Waals surface area contributed by atoms with Crippen LogP contribution in [0.5, 0.6) is 0 Å². The minimum absolute atomic E-state index is 0.297. The van der Waals surface area contributed by atoms with Crippen molar-refractivity contribution < 1.29 is 0 Å². The predicted molar refractivity (Wildman–Crippen MR) is 68.8 cm³/mol. The van der Waals surface area contributed by atoms with Gasteiger partial charge in [0.25, 0.3) is 0 Å². The molecule has 0 radical (unpaired) electrons. The number of nitrogens with two attached hydrogens (primary N) is 1. The lowest BCUT2D eigenvalue weighted by Crippen LogP contribution is -2.30. The molecule has 90 valence electrons. The number of rotatable bonds is 2. The highest BCUT2D eigenvalue weighted by molar-refractivity contribution is 7.09. The van der Waals surface area contributed by atoms with E-state index in [0.29, 0.717) is 5.92 Å². The second-order valence-electron chi connectivity index (χ2n) is 5.38. The molecule has 0 aromatic carbocycles. The average molecular weight is 239 g/mol. The van der Waals surface area contributed by atoms with Gasteiger partial charge in [-0.05, 0) is 46.8 Å². The summed E-state index contributed by atoms with van der Waals surface area (Å²) in [4.78, 5) is 7.09. The Morgan fingerprint density at radius 2 is 2.06 bits per heavy atom. The van der Waals surface area contributed by atoms with E-state index in [1.807, 2.05) is 13.8 Å². The SMILES string of the molecule is CN1CCC(c2csc(C(C)(C)N)n2)CC1. The molecule has 2 rings (SSSR count). The fraction of sp³-hybridized carbons (Fsp3) is 0.750. The lowest BCUT2D eigenvalue weighted by Gasteiger charge is -2.27. The first-order valence-corrected chi connectivity index (χ1v) is 6.78. The first-order chi connectivity index (χ1) is 7.47. The van der Waals surface area contributed by atoms with Crippen LogP contribution in [0.1, 0.15) is 43.3 Å². The van der Waals surface area contributed by atoms with Crippen LogP contribution in [0.3, 0.4) is 0 Å². The van der Waals surface area contributed by atoms with Gasteiger partial charge in [0.1, 0.15) is 5.01 Å². The highest BCUT2D eigenvalue weighted by Gasteiger charge is 2.24. The van der Waals surface area contributed by atoms with Crippen molar-refractivity contribution in [2.24, 2.45) is 5.73 Å². The van der Waals surface area contributed by atoms with E-state index in [2.05, 4.69) is 17.3 Å². The topological polar surface area (TPSA) is 42.1 Å². The summed E-state index contributed by atoms with van der Waals surface area (Å²) in [5.74, 6) is 0.642. The smallest absolute Gasteiger partial charge is 0.112 e. The summed E-state index contributed by atoms with van der Waals surface area (Å²) in [6.07, 6.45) is 2.45. The number of piperidine rings is 1. The van der Waals surface area contributed by atoms with Gasteiger partial charge < -0.3 is 10.6 Å². The molecule has 0 spiro atoms. The molecular weight excluding hydrogens is 218 g/mol. The quantitative estimate of drug-likeness (QED) is 0.860. The minimum Gasteiger partial charge on any atom is -0.320 e. The highest BCUT2D eigenvalue weighted by atomic mass is 32.1. The van der Waals surface area contributed by atoms with Crippen LogP contribution >= 0.6 is 11.3 Å². The average Bonchev–Trinajstić information content (AvgIpc) is 2.67. The first kappa shape index (κ1) is 12.0. The summed E-state index contributed by atoms with van der Waals surface area (Å²) >= 11 is 1.70. The molecule has 0 amide bonds. The Labute approximate surface area is 102 Å². The van der Waals surface area contributed by atoms with Crippen LogP contribution in [0.25, 0.3) is 0 Å². The van der Waals surface area contributed by atoms with Crippen LogP contribution in [0.2, 0.25) is 0 Å². The highest BCUT2D eigenvalue weighted by Crippen LogP contribution is 2.30. The maximum absolute atomic E-state index is 6.06. The molecule has 0 unspecified atom stereocenters. The monoisotopic (exact) mass is 239 g/mol. The number of aromatic nitrogens is 1. The number of hydrogen-bond donors (Lipinski definition) is 1. The molecule has 4 heteroatoms. The van der Waals surface area contributed by atoms with Crippen LogP contribution in [0.4, 0.5) is 0 Å². The van der Waals surface area contributed by atoms with Gasteiger partial charge in [0, 0.05) is 11.3 Å². The molecule has 3 nitrogen and oxygen atoms in total. The lowest BCUT2D eigenvalue weighted by molar-refractivity contribution is 0.253. The molecule has 1 fully saturated rings. The molecule has 2 N–H and O–H groups in total. The van der Waals surface area contributed by atoms with Gasteiger partial charge in [-0.2, -0.15) is 0 Å². The Balaban J connectivity index is 2.08. The molecule has 0 bridgehead atoms. The van der Waals surface area contributed by atoms with E-state index in [1.54, 1.807) is 11.3 Å². The molecule has 0 aliphatic carbocycles. The van der Waals surface area contributed by atoms with Gasteiger partial charge in [0.05, 0.1) is 11.2 Å². The Bertz CT molecular complexity index is 345. The van der Waals surface area contributed by atoms with Crippen molar-refractivity contribution in [3.63, 3.8) is 0 Å². The van der Waals surface area contributed by atoms with E-state index in [-0.39, 0.29) is 5.54 Å². The molecule has 1 aromatic heterocycles. The molecule has 2 heterocycles. The second kappa shape index (κ2) is 4.43. The maximum atomic E-state index is 6.06. The van der Waals surface area contributed by atoms with Gasteiger partial charge in [0.2, 0.25) is 0 Å². The molecule has 1 saturated heterocycles.